The first-order chi connectivity index (χ1) is 13.7. The first kappa shape index (κ1) is 20.9. The molecule has 0 fully saturated rings. The summed E-state index contributed by atoms with van der Waals surface area (Å²) in [7, 11) is -3.35. The molecule has 3 rings (SSSR count). The van der Waals surface area contributed by atoms with Gasteiger partial charge in [0, 0.05) is 12.2 Å². The van der Waals surface area contributed by atoms with Gasteiger partial charge in [-0.1, -0.05) is 19.1 Å². The van der Waals surface area contributed by atoms with Gasteiger partial charge in [0.2, 0.25) is 10.0 Å². The molecular formula is C21H24N2O5S. The lowest BCUT2D eigenvalue weighted by Gasteiger charge is -2.17. The molecular weight excluding hydrogens is 392 g/mol. The Kier molecular flexibility index (Phi) is 5.93. The van der Waals surface area contributed by atoms with Crippen LogP contribution >= 0.6 is 0 Å². The van der Waals surface area contributed by atoms with Crippen molar-refractivity contribution in [3.8, 4) is 0 Å². The maximum Gasteiger partial charge on any atom is 0.338 e. The van der Waals surface area contributed by atoms with Crippen LogP contribution in [0.4, 0.5) is 11.4 Å². The minimum atomic E-state index is -3.35. The van der Waals surface area contributed by atoms with Crippen molar-refractivity contribution in [1.82, 2.24) is 0 Å². The average molecular weight is 416 g/mol. The third-order valence-corrected chi connectivity index (χ3v) is 6.03. The Morgan fingerprint density at radius 3 is 2.48 bits per heavy atom. The summed E-state index contributed by atoms with van der Waals surface area (Å²) in [6.45, 7) is 3.90. The van der Waals surface area contributed by atoms with E-state index in [1.54, 1.807) is 24.3 Å². The molecule has 0 aliphatic carbocycles. The predicted octanol–water partition coefficient (Wildman–Crippen LogP) is 2.76. The fourth-order valence-corrected chi connectivity index (χ4v) is 4.15. The predicted molar refractivity (Wildman–Crippen MR) is 112 cm³/mol. The topological polar surface area (TPSA) is 92.8 Å². The van der Waals surface area contributed by atoms with Gasteiger partial charge in [0.25, 0.3) is 5.91 Å². The van der Waals surface area contributed by atoms with E-state index >= 15 is 0 Å². The summed E-state index contributed by atoms with van der Waals surface area (Å²) >= 11 is 0. The van der Waals surface area contributed by atoms with Gasteiger partial charge in [0.05, 0.1) is 17.5 Å². The number of nitrogens with one attached hydrogen (secondary N) is 1. The summed E-state index contributed by atoms with van der Waals surface area (Å²) in [5.41, 5.74) is 3.41. The molecule has 1 heterocycles. The SMILES string of the molecule is CCc1ccc(NC(=O)[C@@H](C)OC(=O)c2ccc3c(c2)CCN3S(C)(=O)=O)cc1. The molecule has 1 aliphatic rings. The summed E-state index contributed by atoms with van der Waals surface area (Å²) in [5, 5.41) is 2.72. The Morgan fingerprint density at radius 1 is 1.17 bits per heavy atom. The van der Waals surface area contributed by atoms with E-state index in [1.165, 1.54) is 17.3 Å². The monoisotopic (exact) mass is 416 g/mol. The Hall–Kier alpha value is -2.87. The van der Waals surface area contributed by atoms with Crippen molar-refractivity contribution < 1.29 is 22.7 Å². The second-order valence-corrected chi connectivity index (χ2v) is 8.92. The van der Waals surface area contributed by atoms with E-state index in [0.717, 1.165) is 23.8 Å². The molecule has 154 valence electrons. The van der Waals surface area contributed by atoms with Crippen LogP contribution in [0.1, 0.15) is 35.3 Å². The lowest BCUT2D eigenvalue weighted by atomic mass is 10.1. The van der Waals surface area contributed by atoms with Crippen molar-refractivity contribution in [1.29, 1.82) is 0 Å². The Morgan fingerprint density at radius 2 is 1.86 bits per heavy atom. The number of ether oxygens (including phenoxy) is 1. The molecule has 0 bridgehead atoms. The number of rotatable bonds is 6. The molecule has 0 aromatic heterocycles. The van der Waals surface area contributed by atoms with Crippen molar-refractivity contribution in [2.24, 2.45) is 0 Å². The zero-order valence-corrected chi connectivity index (χ0v) is 17.5. The van der Waals surface area contributed by atoms with E-state index < -0.39 is 28.0 Å². The highest BCUT2D eigenvalue weighted by Gasteiger charge is 2.27. The molecule has 0 spiro atoms. The molecule has 0 unspecified atom stereocenters. The van der Waals surface area contributed by atoms with E-state index in [-0.39, 0.29) is 5.56 Å². The summed E-state index contributed by atoms with van der Waals surface area (Å²) in [6.07, 6.45) is 1.60. The Balaban J connectivity index is 1.64. The van der Waals surface area contributed by atoms with Crippen LogP contribution in [0.25, 0.3) is 0 Å². The molecule has 0 saturated heterocycles. The maximum absolute atomic E-state index is 12.4. The van der Waals surface area contributed by atoms with Crippen LogP contribution in [0.15, 0.2) is 42.5 Å². The zero-order chi connectivity index (χ0) is 21.2. The van der Waals surface area contributed by atoms with Crippen LogP contribution in [0, 0.1) is 0 Å². The fraction of sp³-hybridized carbons (Fsp3) is 0.333. The smallest absolute Gasteiger partial charge is 0.338 e. The molecule has 29 heavy (non-hydrogen) atoms. The van der Waals surface area contributed by atoms with E-state index in [1.807, 2.05) is 19.1 Å². The molecule has 1 aliphatic heterocycles. The minimum absolute atomic E-state index is 0.283. The quantitative estimate of drug-likeness (QED) is 0.731. The van der Waals surface area contributed by atoms with E-state index in [2.05, 4.69) is 5.32 Å². The first-order valence-corrected chi connectivity index (χ1v) is 11.3. The molecule has 0 saturated carbocycles. The van der Waals surface area contributed by atoms with Crippen LogP contribution in [-0.4, -0.2) is 39.2 Å². The van der Waals surface area contributed by atoms with Crippen molar-refractivity contribution in [3.05, 3.63) is 59.2 Å². The van der Waals surface area contributed by atoms with Crippen LogP contribution in [0.3, 0.4) is 0 Å². The molecule has 1 N–H and O–H groups in total. The summed E-state index contributed by atoms with van der Waals surface area (Å²) < 4.78 is 30.2. The van der Waals surface area contributed by atoms with Gasteiger partial charge in [-0.15, -0.1) is 0 Å². The first-order valence-electron chi connectivity index (χ1n) is 9.40. The largest absolute Gasteiger partial charge is 0.449 e. The average Bonchev–Trinajstić information content (AvgIpc) is 3.12. The van der Waals surface area contributed by atoms with Crippen LogP contribution in [0.2, 0.25) is 0 Å². The van der Waals surface area contributed by atoms with Gasteiger partial charge in [-0.2, -0.15) is 0 Å². The van der Waals surface area contributed by atoms with Crippen molar-refractivity contribution in [2.75, 3.05) is 22.4 Å². The lowest BCUT2D eigenvalue weighted by Crippen LogP contribution is -2.30. The number of aryl methyl sites for hydroxylation is 1. The standard InChI is InChI=1S/C21H24N2O5S/c1-4-15-5-8-18(9-6-15)22-20(24)14(2)28-21(25)17-7-10-19-16(13-17)11-12-23(19)29(3,26)27/h5-10,13-14H,4,11-12H2,1-3H3,(H,22,24)/t14-/m1/s1. The Labute approximate surface area is 170 Å². The van der Waals surface area contributed by atoms with Crippen LogP contribution in [-0.2, 0) is 32.4 Å². The van der Waals surface area contributed by atoms with Crippen LogP contribution < -0.4 is 9.62 Å². The Bertz CT molecular complexity index is 1030. The van der Waals surface area contributed by atoms with Gasteiger partial charge >= 0.3 is 5.97 Å². The highest BCUT2D eigenvalue weighted by atomic mass is 32.2. The normalized spacial score (nSPS) is 14.2. The highest BCUT2D eigenvalue weighted by Crippen LogP contribution is 2.31. The summed E-state index contributed by atoms with van der Waals surface area (Å²) in [5.74, 6) is -1.05. The molecule has 7 nitrogen and oxygen atoms in total. The molecule has 1 atom stereocenters. The molecule has 2 aromatic rings. The number of hydrogen-bond donors (Lipinski definition) is 1. The van der Waals surface area contributed by atoms with Gasteiger partial charge < -0.3 is 10.1 Å². The highest BCUT2D eigenvalue weighted by molar-refractivity contribution is 7.92. The van der Waals surface area contributed by atoms with Gasteiger partial charge in [-0.05, 0) is 61.2 Å². The third-order valence-electron chi connectivity index (χ3n) is 4.85. The number of sulfonamides is 1. The van der Waals surface area contributed by atoms with Crippen molar-refractivity contribution in [3.63, 3.8) is 0 Å². The van der Waals surface area contributed by atoms with E-state index in [9.17, 15) is 18.0 Å². The lowest BCUT2D eigenvalue weighted by molar-refractivity contribution is -0.123. The van der Waals surface area contributed by atoms with Crippen molar-refractivity contribution in [2.45, 2.75) is 32.8 Å². The number of carbonyl (C=O) groups is 2. The number of anilines is 2. The second kappa shape index (κ2) is 8.24. The van der Waals surface area contributed by atoms with Gasteiger partial charge in [-0.3, -0.25) is 9.10 Å². The number of hydrogen-bond acceptors (Lipinski definition) is 5. The van der Waals surface area contributed by atoms with E-state index in [0.29, 0.717) is 24.3 Å². The number of esters is 1. The number of nitrogens with zero attached hydrogens (tertiary/aromatic N) is 1. The van der Waals surface area contributed by atoms with Gasteiger partial charge in [0.15, 0.2) is 6.10 Å². The van der Waals surface area contributed by atoms with Gasteiger partial charge in [0.1, 0.15) is 0 Å². The molecule has 0 radical (unpaired) electrons. The summed E-state index contributed by atoms with van der Waals surface area (Å²) in [6, 6.07) is 12.2. The zero-order valence-electron chi connectivity index (χ0n) is 16.6. The minimum Gasteiger partial charge on any atom is -0.449 e. The van der Waals surface area contributed by atoms with Gasteiger partial charge in [-0.25, -0.2) is 13.2 Å². The number of carbonyl (C=O) groups excluding carboxylic acids is 2. The van der Waals surface area contributed by atoms with Crippen molar-refractivity contribution >= 4 is 33.3 Å². The van der Waals surface area contributed by atoms with Crippen LogP contribution in [0.5, 0.6) is 0 Å². The number of fused-ring (bicyclic) bond motifs is 1. The fourth-order valence-electron chi connectivity index (χ4n) is 3.19. The maximum atomic E-state index is 12.4. The molecule has 1 amide bonds. The summed E-state index contributed by atoms with van der Waals surface area (Å²) in [4.78, 5) is 24.8. The third kappa shape index (κ3) is 4.76. The molecule has 2 aromatic carbocycles. The number of amides is 1. The van der Waals surface area contributed by atoms with E-state index in [4.69, 9.17) is 4.74 Å². The number of benzene rings is 2. The molecule has 8 heteroatoms. The second-order valence-electron chi connectivity index (χ2n) is 7.02.